The molecule has 10 N–H and O–H groups in total. The molecule has 0 saturated carbocycles. The van der Waals surface area contributed by atoms with E-state index in [2.05, 4.69) is 61.5 Å². The molecule has 0 bridgehead atoms. The number of aromatic amines is 1. The number of rotatable bonds is 9. The van der Waals surface area contributed by atoms with Crippen molar-refractivity contribution in [1.29, 1.82) is 0 Å². The number of pyridine rings is 4. The van der Waals surface area contributed by atoms with Gasteiger partial charge in [-0.05, 0) is 172 Å². The number of aromatic nitrogens is 10. The maximum Gasteiger partial charge on any atom is 0.277 e. The fraction of sp³-hybridized carbons (Fsp3) is 0.103. The number of amides is 4. The molecule has 11 aromatic rings. The summed E-state index contributed by atoms with van der Waals surface area (Å²) in [6.07, 6.45) is 8.93. The topological polar surface area (TPSA) is 374 Å². The number of hydrogen-bond acceptors (Lipinski definition) is 18. The molecular formula is C68H55Cl6N17O9. The molecule has 4 amide bonds. The Bertz CT molecular complexity index is 4950. The van der Waals surface area contributed by atoms with Crippen molar-refractivity contribution in [2.24, 2.45) is 5.73 Å². The van der Waals surface area contributed by atoms with Gasteiger partial charge < -0.3 is 43.0 Å². The number of nitrogens with one attached hydrogen (secondary N) is 6. The summed E-state index contributed by atoms with van der Waals surface area (Å²) in [6, 6.07) is 44.8. The Morgan fingerprint density at radius 2 is 0.780 bits per heavy atom. The molecule has 100 heavy (non-hydrogen) atoms. The summed E-state index contributed by atoms with van der Waals surface area (Å²) in [6.45, 7) is 6.84. The summed E-state index contributed by atoms with van der Waals surface area (Å²) in [7, 11) is 0. The number of primary amides is 1. The van der Waals surface area contributed by atoms with Gasteiger partial charge in [0.05, 0.1) is 0 Å². The number of H-pyrrole nitrogens is 1. The zero-order chi connectivity index (χ0) is 72.2. The zero-order valence-electron chi connectivity index (χ0n) is 52.7. The van der Waals surface area contributed by atoms with E-state index in [0.717, 1.165) is 16.7 Å². The van der Waals surface area contributed by atoms with Crippen molar-refractivity contribution in [2.45, 2.75) is 44.7 Å². The lowest BCUT2D eigenvalue weighted by molar-refractivity contribution is 0.0932. The molecule has 14 rings (SSSR count). The number of nitrogen functional groups attached to an aromatic ring is 1. The number of ketones is 1. The number of anilines is 5. The lowest BCUT2D eigenvalue weighted by Crippen LogP contribution is -2.45. The SMILES string of the molecule is CC(=O)c1ccc(Cl)cc1.CC1(c2ccc(Cl)cc2)NC(=O)c2ccc(Cl)c(=O)n21.CC1(c2ccc(Cl)cc2)NC(=O)c2ccc(Nc3ccncn3)c(=O)n21.CC1(c2ccc(Cl)cc2)NC(=O)c2ccc(Nc3ccncn3)c(=O)n21.NC(=O)c1ccc(Cl)c(=O)[nH]1.Nc1ccncn1. The van der Waals surface area contributed by atoms with E-state index in [1.54, 1.807) is 185 Å². The van der Waals surface area contributed by atoms with Crippen LogP contribution in [0, 0.1) is 0 Å². The summed E-state index contributed by atoms with van der Waals surface area (Å²) in [5.74, 6) is -0.0609. The molecule has 508 valence electrons. The molecule has 3 unspecified atom stereocenters. The van der Waals surface area contributed by atoms with Crippen LogP contribution in [0.5, 0.6) is 0 Å². The van der Waals surface area contributed by atoms with Crippen molar-refractivity contribution >= 4 is 128 Å². The van der Waals surface area contributed by atoms with Gasteiger partial charge in [0, 0.05) is 44.2 Å². The number of nitrogens with zero attached hydrogens (tertiary/aromatic N) is 9. The van der Waals surface area contributed by atoms with Gasteiger partial charge in [0.1, 0.15) is 97.6 Å². The molecular weight excluding hydrogens is 1410 g/mol. The first-order valence-corrected chi connectivity index (χ1v) is 31.6. The molecule has 0 aliphatic carbocycles. The van der Waals surface area contributed by atoms with Crippen molar-refractivity contribution < 1.29 is 24.0 Å². The Morgan fingerprint density at radius 1 is 0.430 bits per heavy atom. The largest absolute Gasteiger partial charge is 0.384 e. The number of hydrogen-bond donors (Lipinski definition) is 8. The van der Waals surface area contributed by atoms with Crippen molar-refractivity contribution in [3.8, 4) is 0 Å². The standard InChI is InChI=1S/2C18H14ClN5O2.C14H10Cl2N2O2.C8H7ClO.C6H5ClN2O2.C4H5N3/c2*1-18(11-2-4-12(19)5-3-11)23-16(25)14-7-6-13(17(26)24(14)18)22-15-8-9-20-10-21-15;1-14(8-2-4-9(15)5-3-8)17-12(19)11-7-6-10(16)13(20)18(11)14;1-6(10)7-2-4-8(9)5-3-7;7-3-1-2-4(5(8)10)9-6(3)11;5-4-1-2-6-3-7-4/h2*2-10H,1H3,(H,23,25)(H,20,21,22);2-7H,1H3,(H,17,19);2-5H,1H3;1-2H,(H2,8,10)(H,9,11);1-3H,(H2,5,6,7). The van der Waals surface area contributed by atoms with Crippen molar-refractivity contribution in [3.05, 3.63) is 318 Å². The molecule has 0 saturated heterocycles. The first kappa shape index (κ1) is 72.9. The van der Waals surface area contributed by atoms with Crippen molar-refractivity contribution in [1.82, 2.24) is 64.5 Å². The smallest absolute Gasteiger partial charge is 0.277 e. The minimum atomic E-state index is -1.02. The second-order valence-electron chi connectivity index (χ2n) is 21.9. The van der Waals surface area contributed by atoms with Crippen molar-refractivity contribution in [2.75, 3.05) is 16.4 Å². The van der Waals surface area contributed by atoms with Gasteiger partial charge in [-0.15, -0.1) is 0 Å². The van der Waals surface area contributed by atoms with Crippen LogP contribution in [0.15, 0.2) is 221 Å². The Labute approximate surface area is 597 Å². The first-order valence-electron chi connectivity index (χ1n) is 29.3. The fourth-order valence-corrected chi connectivity index (χ4v) is 10.9. The normalized spacial score (nSPS) is 16.2. The highest BCUT2D eigenvalue weighted by Gasteiger charge is 2.44. The average molecular weight is 1470 g/mol. The lowest BCUT2D eigenvalue weighted by atomic mass is 10.0. The van der Waals surface area contributed by atoms with E-state index < -0.39 is 34.0 Å². The van der Waals surface area contributed by atoms with Crippen LogP contribution in [-0.2, 0) is 17.0 Å². The van der Waals surface area contributed by atoms with Crippen LogP contribution >= 0.6 is 69.6 Å². The molecule has 26 nitrogen and oxygen atoms in total. The monoisotopic (exact) mass is 1460 g/mol. The van der Waals surface area contributed by atoms with Crippen LogP contribution in [0.25, 0.3) is 0 Å². The van der Waals surface area contributed by atoms with Gasteiger partial charge in [-0.2, -0.15) is 0 Å². The average Bonchev–Trinajstić information content (AvgIpc) is 1.59. The molecule has 0 fully saturated rings. The highest BCUT2D eigenvalue weighted by molar-refractivity contribution is 6.32. The number of carbonyl (C=O) groups is 5. The molecule has 32 heteroatoms. The van der Waals surface area contributed by atoms with E-state index in [9.17, 15) is 43.2 Å². The maximum atomic E-state index is 13.1. The highest BCUT2D eigenvalue weighted by atomic mass is 35.5. The summed E-state index contributed by atoms with van der Waals surface area (Å²) in [5, 5.41) is 17.1. The number of halogens is 6. The van der Waals surface area contributed by atoms with Gasteiger partial charge in [-0.1, -0.05) is 106 Å². The van der Waals surface area contributed by atoms with Crippen LogP contribution in [-0.4, -0.2) is 78.0 Å². The van der Waals surface area contributed by atoms with Gasteiger partial charge in [-0.3, -0.25) is 56.9 Å². The van der Waals surface area contributed by atoms with Crippen molar-refractivity contribution in [3.63, 3.8) is 0 Å². The number of benzene rings is 4. The number of Topliss-reactive ketones (excluding diaryl/α,β-unsaturated/α-hetero) is 1. The minimum Gasteiger partial charge on any atom is -0.384 e. The third-order valence-corrected chi connectivity index (χ3v) is 16.8. The highest BCUT2D eigenvalue weighted by Crippen LogP contribution is 2.34. The van der Waals surface area contributed by atoms with Crippen LogP contribution in [0.4, 0.5) is 28.8 Å². The molecule has 7 aromatic heterocycles. The second-order valence-corrected chi connectivity index (χ2v) is 24.5. The fourth-order valence-electron chi connectivity index (χ4n) is 10.2. The number of nitrogens with two attached hydrogens (primary N) is 2. The maximum absolute atomic E-state index is 13.1. The second kappa shape index (κ2) is 31.4. The van der Waals surface area contributed by atoms with E-state index in [1.807, 2.05) is 0 Å². The van der Waals surface area contributed by atoms with E-state index in [1.165, 1.54) is 57.8 Å². The summed E-state index contributed by atoms with van der Waals surface area (Å²) in [5.41, 5.74) is 9.98. The zero-order valence-corrected chi connectivity index (χ0v) is 57.2. The van der Waals surface area contributed by atoms with Gasteiger partial charge in [0.25, 0.3) is 45.9 Å². The van der Waals surface area contributed by atoms with Crippen LogP contribution < -0.4 is 60.3 Å². The van der Waals surface area contributed by atoms with E-state index >= 15 is 0 Å². The van der Waals surface area contributed by atoms with Gasteiger partial charge >= 0.3 is 0 Å². The molecule has 0 radical (unpaired) electrons. The van der Waals surface area contributed by atoms with Crippen LogP contribution in [0.3, 0.4) is 0 Å². The van der Waals surface area contributed by atoms with E-state index in [-0.39, 0.29) is 56.1 Å². The van der Waals surface area contributed by atoms with E-state index in [4.69, 9.17) is 81.1 Å². The van der Waals surface area contributed by atoms with E-state index in [0.29, 0.717) is 65.9 Å². The predicted molar refractivity (Wildman–Crippen MR) is 381 cm³/mol. The molecule has 0 spiro atoms. The molecule has 3 aliphatic heterocycles. The third-order valence-electron chi connectivity index (χ3n) is 15.2. The van der Waals surface area contributed by atoms with Gasteiger partial charge in [0.2, 0.25) is 0 Å². The molecule has 4 aromatic carbocycles. The molecule has 10 heterocycles. The summed E-state index contributed by atoms with van der Waals surface area (Å²) in [4.78, 5) is 133. The first-order chi connectivity index (χ1) is 47.6. The Balaban J connectivity index is 0.000000148. The number of fused-ring (bicyclic) bond motifs is 3. The third kappa shape index (κ3) is 16.6. The van der Waals surface area contributed by atoms with Crippen LogP contribution in [0.2, 0.25) is 30.1 Å². The summed E-state index contributed by atoms with van der Waals surface area (Å²) >= 11 is 34.7. The minimum absolute atomic E-state index is 0.0370. The molecule has 3 atom stereocenters. The predicted octanol–water partition coefficient (Wildman–Crippen LogP) is 10.3. The quantitative estimate of drug-likeness (QED) is 0.0622. The Hall–Kier alpha value is -11.4. The van der Waals surface area contributed by atoms with Gasteiger partial charge in [0.15, 0.2) is 5.78 Å². The number of carbonyl (C=O) groups excluding carboxylic acids is 5. The van der Waals surface area contributed by atoms with Crippen LogP contribution in [0.1, 0.15) is 96.7 Å². The molecule has 3 aliphatic rings. The Morgan fingerprint density at radius 3 is 1.10 bits per heavy atom. The summed E-state index contributed by atoms with van der Waals surface area (Å²) < 4.78 is 4.27. The lowest BCUT2D eigenvalue weighted by Gasteiger charge is -2.28. The van der Waals surface area contributed by atoms with Gasteiger partial charge in [-0.25, -0.2) is 29.9 Å². The Kier molecular flexibility index (Phi) is 22.9.